The number of nitrogens with zero attached hydrogens (tertiary/aromatic N) is 3. The zero-order valence-corrected chi connectivity index (χ0v) is 14.2. The smallest absolute Gasteiger partial charge is 0.335 e. The fraction of sp³-hybridized carbons (Fsp3) is 0.500. The Morgan fingerprint density at radius 1 is 1.17 bits per heavy atom. The molecule has 23 heavy (non-hydrogen) atoms. The highest BCUT2D eigenvalue weighted by atomic mass is 32.2. The Bertz CT molecular complexity index is 581. The zero-order chi connectivity index (χ0) is 17.5. The van der Waals surface area contributed by atoms with Gasteiger partial charge in [0.2, 0.25) is 6.41 Å². The Kier molecular flexibility index (Phi) is 7.43. The van der Waals surface area contributed by atoms with Gasteiger partial charge in [-0.15, -0.1) is 0 Å². The number of hydrogen-bond acceptors (Lipinski definition) is 5. The van der Waals surface area contributed by atoms with Gasteiger partial charge < -0.3 is 10.6 Å². The molecular formula is C14H24N4O4S. The number of benzene rings is 1. The lowest BCUT2D eigenvalue weighted by atomic mass is 10.2. The van der Waals surface area contributed by atoms with E-state index in [4.69, 9.17) is 10.3 Å². The van der Waals surface area contributed by atoms with E-state index < -0.39 is 10.3 Å². The van der Waals surface area contributed by atoms with Crippen molar-refractivity contribution < 1.29 is 17.8 Å². The molecule has 0 aliphatic carbocycles. The third-order valence-electron chi connectivity index (χ3n) is 3.25. The minimum Gasteiger partial charge on any atom is -0.399 e. The number of carbonyl (C=O) groups excluding carboxylic acids is 1. The van der Waals surface area contributed by atoms with Crippen LogP contribution in [-0.2, 0) is 21.6 Å². The Morgan fingerprint density at radius 3 is 2.04 bits per heavy atom. The van der Waals surface area contributed by atoms with Crippen LogP contribution < -0.4 is 5.73 Å². The summed E-state index contributed by atoms with van der Waals surface area (Å²) in [7, 11) is -0.663. The predicted octanol–water partition coefficient (Wildman–Crippen LogP) is -0.106. The summed E-state index contributed by atoms with van der Waals surface area (Å²) in [5.74, 6) is 0. The Hall–Kier alpha value is -1.68. The van der Waals surface area contributed by atoms with E-state index in [1.165, 1.54) is 4.90 Å². The highest BCUT2D eigenvalue weighted by Crippen LogP contribution is 2.12. The van der Waals surface area contributed by atoms with E-state index >= 15 is 0 Å². The van der Waals surface area contributed by atoms with Crippen LogP contribution in [0.25, 0.3) is 0 Å². The van der Waals surface area contributed by atoms with Crippen LogP contribution in [0.3, 0.4) is 0 Å². The maximum Gasteiger partial charge on any atom is 0.335 e. The monoisotopic (exact) mass is 344 g/mol. The Morgan fingerprint density at radius 2 is 1.65 bits per heavy atom. The van der Waals surface area contributed by atoms with Crippen LogP contribution in [0, 0.1) is 0 Å². The van der Waals surface area contributed by atoms with Crippen molar-refractivity contribution in [2.75, 3.05) is 46.0 Å². The number of rotatable bonds is 4. The van der Waals surface area contributed by atoms with Gasteiger partial charge in [-0.3, -0.25) is 14.2 Å². The molecule has 0 radical (unpaired) electrons. The first-order valence-corrected chi connectivity index (χ1v) is 8.53. The standard InChI is InChI=1S/C11H17N3O3S.C3H7NO/c12-11-3-1-10(2-4-11)9-13-5-7-14(8-6-13)18(15,16)17;1-4(2)3-5/h1-4H,5-9,12H2,(H,15,16,17);3H,1-2H3. The minimum atomic E-state index is -4.04. The topological polar surface area (TPSA) is 107 Å². The van der Waals surface area contributed by atoms with E-state index in [1.54, 1.807) is 14.1 Å². The van der Waals surface area contributed by atoms with Crippen LogP contribution >= 0.6 is 0 Å². The molecule has 1 aliphatic heterocycles. The van der Waals surface area contributed by atoms with Crippen LogP contribution in [0.15, 0.2) is 24.3 Å². The van der Waals surface area contributed by atoms with Gasteiger partial charge in [0.15, 0.2) is 0 Å². The fourth-order valence-electron chi connectivity index (χ4n) is 2.00. The van der Waals surface area contributed by atoms with Gasteiger partial charge in [-0.25, -0.2) is 0 Å². The van der Waals surface area contributed by atoms with Crippen molar-refractivity contribution in [2.45, 2.75) is 6.54 Å². The lowest BCUT2D eigenvalue weighted by Gasteiger charge is -2.32. The number of piperazine rings is 1. The molecule has 1 saturated heterocycles. The van der Waals surface area contributed by atoms with Gasteiger partial charge in [0.25, 0.3) is 0 Å². The molecule has 1 heterocycles. The summed E-state index contributed by atoms with van der Waals surface area (Å²) in [6.07, 6.45) is 0.750. The summed E-state index contributed by atoms with van der Waals surface area (Å²) < 4.78 is 31.9. The number of anilines is 1. The fourth-order valence-corrected chi connectivity index (χ4v) is 2.62. The molecule has 1 aromatic carbocycles. The van der Waals surface area contributed by atoms with E-state index in [9.17, 15) is 13.2 Å². The molecule has 9 heteroatoms. The second-order valence-corrected chi connectivity index (χ2v) is 6.88. The molecule has 1 aromatic rings. The quantitative estimate of drug-likeness (QED) is 0.448. The second kappa shape index (κ2) is 8.82. The van der Waals surface area contributed by atoms with Crippen LogP contribution in [0.1, 0.15) is 5.56 Å². The normalized spacial score (nSPS) is 16.3. The molecule has 130 valence electrons. The Balaban J connectivity index is 0.000000463. The lowest BCUT2D eigenvalue weighted by Crippen LogP contribution is -2.47. The van der Waals surface area contributed by atoms with Gasteiger partial charge in [-0.2, -0.15) is 12.7 Å². The molecule has 0 atom stereocenters. The van der Waals surface area contributed by atoms with Crippen molar-refractivity contribution in [1.82, 2.24) is 14.1 Å². The van der Waals surface area contributed by atoms with Crippen molar-refractivity contribution in [1.29, 1.82) is 0 Å². The summed E-state index contributed by atoms with van der Waals surface area (Å²) in [6.45, 7) is 2.65. The molecule has 0 aromatic heterocycles. The number of amides is 1. The molecule has 0 bridgehead atoms. The molecular weight excluding hydrogens is 320 g/mol. The van der Waals surface area contributed by atoms with Crippen molar-refractivity contribution in [3.63, 3.8) is 0 Å². The highest BCUT2D eigenvalue weighted by Gasteiger charge is 2.24. The van der Waals surface area contributed by atoms with Crippen molar-refractivity contribution in [2.24, 2.45) is 0 Å². The number of carbonyl (C=O) groups is 1. The van der Waals surface area contributed by atoms with E-state index in [1.807, 2.05) is 24.3 Å². The molecule has 8 nitrogen and oxygen atoms in total. The highest BCUT2D eigenvalue weighted by molar-refractivity contribution is 7.83. The molecule has 1 amide bonds. The van der Waals surface area contributed by atoms with E-state index in [-0.39, 0.29) is 0 Å². The van der Waals surface area contributed by atoms with Crippen LogP contribution in [0.4, 0.5) is 5.69 Å². The largest absolute Gasteiger partial charge is 0.399 e. The van der Waals surface area contributed by atoms with E-state index in [0.717, 1.165) is 28.5 Å². The summed E-state index contributed by atoms with van der Waals surface area (Å²) >= 11 is 0. The van der Waals surface area contributed by atoms with Crippen molar-refractivity contribution in [3.8, 4) is 0 Å². The van der Waals surface area contributed by atoms with Gasteiger partial charge in [-0.1, -0.05) is 12.1 Å². The number of nitrogen functional groups attached to an aromatic ring is 1. The number of hydrogen-bond donors (Lipinski definition) is 2. The van der Waals surface area contributed by atoms with Crippen molar-refractivity contribution in [3.05, 3.63) is 29.8 Å². The zero-order valence-electron chi connectivity index (χ0n) is 13.4. The van der Waals surface area contributed by atoms with Crippen LogP contribution in [0.2, 0.25) is 0 Å². The van der Waals surface area contributed by atoms with Gasteiger partial charge in [0.05, 0.1) is 0 Å². The molecule has 1 aliphatic rings. The molecule has 0 unspecified atom stereocenters. The first-order chi connectivity index (χ1) is 10.7. The molecule has 1 fully saturated rings. The van der Waals surface area contributed by atoms with E-state index in [2.05, 4.69) is 4.90 Å². The SMILES string of the molecule is CN(C)C=O.Nc1ccc(CN2CCN(S(=O)(=O)O)CC2)cc1. The third-order valence-corrected chi connectivity index (χ3v) is 4.27. The third kappa shape index (κ3) is 7.42. The average molecular weight is 344 g/mol. The summed E-state index contributed by atoms with van der Waals surface area (Å²) in [4.78, 5) is 13.0. The predicted molar refractivity (Wildman–Crippen MR) is 89.0 cm³/mol. The van der Waals surface area contributed by atoms with Gasteiger partial charge >= 0.3 is 10.3 Å². The van der Waals surface area contributed by atoms with Crippen LogP contribution in [0.5, 0.6) is 0 Å². The van der Waals surface area contributed by atoms with E-state index in [0.29, 0.717) is 26.2 Å². The minimum absolute atomic E-state index is 0.327. The maximum atomic E-state index is 10.9. The summed E-state index contributed by atoms with van der Waals surface area (Å²) in [5, 5.41) is 0. The van der Waals surface area contributed by atoms with Crippen LogP contribution in [-0.4, -0.2) is 73.8 Å². The molecule has 3 N–H and O–H groups in total. The average Bonchev–Trinajstić information content (AvgIpc) is 2.50. The maximum absolute atomic E-state index is 10.9. The van der Waals surface area contributed by atoms with Gasteiger partial charge in [0.1, 0.15) is 0 Å². The van der Waals surface area contributed by atoms with Gasteiger partial charge in [-0.05, 0) is 17.7 Å². The molecule has 2 rings (SSSR count). The number of nitrogens with two attached hydrogens (primary N) is 1. The molecule has 0 spiro atoms. The summed E-state index contributed by atoms with van der Waals surface area (Å²) in [6, 6.07) is 7.63. The second-order valence-electron chi connectivity index (χ2n) is 5.46. The van der Waals surface area contributed by atoms with Gasteiger partial charge in [0, 0.05) is 52.5 Å². The summed E-state index contributed by atoms with van der Waals surface area (Å²) in [5.41, 5.74) is 7.49. The van der Waals surface area contributed by atoms with Crippen molar-refractivity contribution >= 4 is 22.4 Å². The molecule has 0 saturated carbocycles. The first-order valence-electron chi connectivity index (χ1n) is 7.13. The lowest BCUT2D eigenvalue weighted by molar-refractivity contribution is -0.115. The Labute approximate surface area is 137 Å². The first kappa shape index (κ1) is 19.4.